The molecule has 0 saturated heterocycles. The third-order valence-corrected chi connectivity index (χ3v) is 9.68. The fourth-order valence-corrected chi connectivity index (χ4v) is 7.19. The number of hydrogen-bond acceptors (Lipinski definition) is 4. The minimum absolute atomic E-state index is 0.517. The molecule has 10 aromatic rings. The number of benzene rings is 7. The number of rotatable bonds is 5. The van der Waals surface area contributed by atoms with Crippen molar-refractivity contribution in [1.29, 1.82) is 0 Å². The van der Waals surface area contributed by atoms with Crippen LogP contribution in [0.2, 0.25) is 0 Å². The SMILES string of the molecule is [C-]#[N+]c1ccc(-c2nc(-c3ccccc3)nc(-c3cccc4c3oc3cc(-c5ccc6c(c5)c5ccccc5n6-c5ccccc5)ccc34)n2)cc1. The van der Waals surface area contributed by atoms with Crippen LogP contribution in [0.1, 0.15) is 0 Å². The Morgan fingerprint density at radius 1 is 0.462 bits per heavy atom. The van der Waals surface area contributed by atoms with Crippen molar-refractivity contribution in [1.82, 2.24) is 19.5 Å². The van der Waals surface area contributed by atoms with Crippen molar-refractivity contribution in [3.63, 3.8) is 0 Å². The van der Waals surface area contributed by atoms with Crippen LogP contribution in [0, 0.1) is 6.57 Å². The molecule has 0 aliphatic heterocycles. The molecule has 0 spiro atoms. The molecule has 6 heteroatoms. The maximum atomic E-state index is 7.36. The summed E-state index contributed by atoms with van der Waals surface area (Å²) >= 11 is 0. The number of furan rings is 1. The van der Waals surface area contributed by atoms with Crippen LogP contribution in [0.15, 0.2) is 168 Å². The lowest BCUT2D eigenvalue weighted by Gasteiger charge is -2.08. The summed E-state index contributed by atoms with van der Waals surface area (Å²) in [5, 5.41) is 4.43. The van der Waals surface area contributed by atoms with Gasteiger partial charge in [-0.05, 0) is 59.7 Å². The first-order valence-corrected chi connectivity index (χ1v) is 17.1. The number of aromatic nitrogens is 4. The Balaban J connectivity index is 1.11. The average Bonchev–Trinajstić information content (AvgIpc) is 3.76. The minimum Gasteiger partial charge on any atom is -0.455 e. The van der Waals surface area contributed by atoms with Gasteiger partial charge in [-0.15, -0.1) is 0 Å². The Labute approximate surface area is 298 Å². The van der Waals surface area contributed by atoms with E-state index in [1.54, 1.807) is 12.1 Å². The van der Waals surface area contributed by atoms with Crippen molar-refractivity contribution >= 4 is 49.4 Å². The van der Waals surface area contributed by atoms with Gasteiger partial charge in [0.25, 0.3) is 0 Å². The molecule has 0 fully saturated rings. The van der Waals surface area contributed by atoms with Crippen LogP contribution >= 0.6 is 0 Å². The van der Waals surface area contributed by atoms with Gasteiger partial charge in [0.1, 0.15) is 11.2 Å². The van der Waals surface area contributed by atoms with Crippen LogP contribution in [-0.4, -0.2) is 19.5 Å². The summed E-state index contributed by atoms with van der Waals surface area (Å²) in [4.78, 5) is 18.3. The molecule has 0 unspecified atom stereocenters. The number of para-hydroxylation sites is 3. The first kappa shape index (κ1) is 29.5. The van der Waals surface area contributed by atoms with E-state index < -0.39 is 0 Å². The third-order valence-electron chi connectivity index (χ3n) is 9.68. The van der Waals surface area contributed by atoms with Crippen LogP contribution in [-0.2, 0) is 0 Å². The van der Waals surface area contributed by atoms with Gasteiger partial charge in [0.05, 0.1) is 23.2 Å². The average molecular weight is 666 g/mol. The van der Waals surface area contributed by atoms with Crippen molar-refractivity contribution in [3.8, 4) is 51.0 Å². The second-order valence-corrected chi connectivity index (χ2v) is 12.7. The molecule has 3 aromatic heterocycles. The molecule has 6 nitrogen and oxygen atoms in total. The molecule has 0 aliphatic rings. The maximum absolute atomic E-state index is 7.36. The zero-order chi connectivity index (χ0) is 34.6. The van der Waals surface area contributed by atoms with E-state index in [-0.39, 0.29) is 0 Å². The van der Waals surface area contributed by atoms with Gasteiger partial charge in [0.15, 0.2) is 23.2 Å². The van der Waals surface area contributed by atoms with Crippen LogP contribution in [0.4, 0.5) is 5.69 Å². The molecule has 0 amide bonds. The number of fused-ring (bicyclic) bond motifs is 6. The Morgan fingerprint density at radius 2 is 1.08 bits per heavy atom. The molecular formula is C46H27N5O. The summed E-state index contributed by atoms with van der Waals surface area (Å²) in [6.07, 6.45) is 0. The van der Waals surface area contributed by atoms with E-state index in [2.05, 4.69) is 100 Å². The van der Waals surface area contributed by atoms with Crippen molar-refractivity contribution in [2.75, 3.05) is 0 Å². The molecule has 0 N–H and O–H groups in total. The van der Waals surface area contributed by atoms with E-state index in [9.17, 15) is 0 Å². The highest BCUT2D eigenvalue weighted by Crippen LogP contribution is 2.39. The van der Waals surface area contributed by atoms with E-state index in [1.807, 2.05) is 60.7 Å². The van der Waals surface area contributed by atoms with E-state index in [0.717, 1.165) is 55.4 Å². The van der Waals surface area contributed by atoms with E-state index in [0.29, 0.717) is 23.2 Å². The molecule has 0 bridgehead atoms. The molecule has 0 aliphatic carbocycles. The van der Waals surface area contributed by atoms with E-state index in [1.165, 1.54) is 21.8 Å². The number of hydrogen-bond donors (Lipinski definition) is 0. The van der Waals surface area contributed by atoms with E-state index >= 15 is 0 Å². The quantitative estimate of drug-likeness (QED) is 0.172. The molecule has 10 rings (SSSR count). The van der Waals surface area contributed by atoms with Crippen molar-refractivity contribution in [3.05, 3.63) is 175 Å². The highest BCUT2D eigenvalue weighted by molar-refractivity contribution is 6.12. The monoisotopic (exact) mass is 665 g/mol. The van der Waals surface area contributed by atoms with Gasteiger partial charge >= 0.3 is 0 Å². The molecule has 52 heavy (non-hydrogen) atoms. The second kappa shape index (κ2) is 11.9. The Bertz CT molecular complexity index is 3010. The van der Waals surface area contributed by atoms with Crippen molar-refractivity contribution in [2.45, 2.75) is 0 Å². The summed E-state index contributed by atoms with van der Waals surface area (Å²) < 4.78 is 9.03. The lowest BCUT2D eigenvalue weighted by molar-refractivity contribution is 0.669. The van der Waals surface area contributed by atoms with Gasteiger partial charge < -0.3 is 8.98 Å². The number of nitrogens with zero attached hydrogens (tertiary/aromatic N) is 5. The van der Waals surface area contributed by atoms with Crippen LogP contribution < -0.4 is 0 Å². The van der Waals surface area contributed by atoms with Crippen molar-refractivity contribution < 1.29 is 4.42 Å². The lowest BCUT2D eigenvalue weighted by atomic mass is 10.0. The molecule has 0 atom stereocenters. The molecule has 3 heterocycles. The molecule has 242 valence electrons. The fourth-order valence-electron chi connectivity index (χ4n) is 7.19. The summed E-state index contributed by atoms with van der Waals surface area (Å²) in [6, 6.07) is 55.5. The molecule has 0 saturated carbocycles. The molecular weight excluding hydrogens is 639 g/mol. The zero-order valence-electron chi connectivity index (χ0n) is 27.7. The Kier molecular flexibility index (Phi) is 6.76. The third kappa shape index (κ3) is 4.84. The van der Waals surface area contributed by atoms with Crippen LogP contribution in [0.5, 0.6) is 0 Å². The minimum atomic E-state index is 0.517. The van der Waals surface area contributed by atoms with Gasteiger partial charge in [-0.3, -0.25) is 0 Å². The normalized spacial score (nSPS) is 11.4. The summed E-state index contributed by atoms with van der Waals surface area (Å²) in [5.74, 6) is 1.61. The molecule has 0 radical (unpaired) electrons. The zero-order valence-corrected chi connectivity index (χ0v) is 27.7. The van der Waals surface area contributed by atoms with Gasteiger partial charge in [-0.1, -0.05) is 115 Å². The van der Waals surface area contributed by atoms with Gasteiger partial charge in [-0.25, -0.2) is 19.8 Å². The predicted octanol–water partition coefficient (Wildman–Crippen LogP) is 12.1. The molecule has 7 aromatic carbocycles. The van der Waals surface area contributed by atoms with Gasteiger partial charge in [0.2, 0.25) is 0 Å². The van der Waals surface area contributed by atoms with Crippen LogP contribution in [0.3, 0.4) is 0 Å². The highest BCUT2D eigenvalue weighted by Gasteiger charge is 2.19. The largest absolute Gasteiger partial charge is 0.455 e. The van der Waals surface area contributed by atoms with Gasteiger partial charge in [0, 0.05) is 38.4 Å². The first-order chi connectivity index (χ1) is 25.7. The maximum Gasteiger partial charge on any atom is 0.187 e. The summed E-state index contributed by atoms with van der Waals surface area (Å²) in [7, 11) is 0. The smallest absolute Gasteiger partial charge is 0.187 e. The fraction of sp³-hybridized carbons (Fsp3) is 0. The Morgan fingerprint density at radius 3 is 1.87 bits per heavy atom. The highest BCUT2D eigenvalue weighted by atomic mass is 16.3. The summed E-state index contributed by atoms with van der Waals surface area (Å²) in [6.45, 7) is 7.36. The predicted molar refractivity (Wildman–Crippen MR) is 209 cm³/mol. The van der Waals surface area contributed by atoms with Gasteiger partial charge in [-0.2, -0.15) is 0 Å². The first-order valence-electron chi connectivity index (χ1n) is 17.1. The summed E-state index contributed by atoms with van der Waals surface area (Å²) in [5.41, 5.74) is 10.2. The lowest BCUT2D eigenvalue weighted by Crippen LogP contribution is -2.00. The second-order valence-electron chi connectivity index (χ2n) is 12.7. The Hall–Kier alpha value is -7.36. The standard InChI is InChI=1S/C46H27N5O/c1-47-33-23-19-30(20-24-33)45-48-44(29-11-4-2-5-12-29)49-46(50-45)38-17-10-16-37-36-25-21-32(28-42(36)52-43(37)38)31-22-26-41-39(27-31)35-15-8-9-18-40(35)51(41)34-13-6-3-7-14-34/h2-28H. The van der Waals surface area contributed by atoms with E-state index in [4.69, 9.17) is 25.9 Å². The topological polar surface area (TPSA) is 61.1 Å². The van der Waals surface area contributed by atoms with Crippen molar-refractivity contribution in [2.24, 2.45) is 0 Å². The van der Waals surface area contributed by atoms with Crippen LogP contribution in [0.25, 0.3) is 99.6 Å².